The molecule has 1 aromatic rings. The molecule has 4 atom stereocenters. The second-order valence-corrected chi connectivity index (χ2v) is 13.6. The average molecular weight is 363 g/mol. The number of hydrogen-bond donors (Lipinski definition) is 0. The monoisotopic (exact) mass is 362 g/mol. The maximum atomic E-state index is 12.7. The number of Topliss-reactive ketones (excluding diaryl/α,β-unsaturated/α-hetero) is 1. The third-order valence-corrected chi connectivity index (χ3v) is 10.3. The summed E-state index contributed by atoms with van der Waals surface area (Å²) in [5.74, 6) is 0.223. The molecule has 0 amide bonds. The van der Waals surface area contributed by atoms with Crippen LogP contribution in [0.1, 0.15) is 32.8 Å². The maximum absolute atomic E-state index is 12.7. The Morgan fingerprint density at radius 3 is 2.52 bits per heavy atom. The van der Waals surface area contributed by atoms with Crippen molar-refractivity contribution < 1.29 is 18.7 Å². The number of ketones is 1. The van der Waals surface area contributed by atoms with Crippen molar-refractivity contribution in [3.63, 3.8) is 0 Å². The van der Waals surface area contributed by atoms with Gasteiger partial charge in [0.2, 0.25) is 0 Å². The number of benzene rings is 1. The lowest BCUT2D eigenvalue weighted by molar-refractivity contribution is -0.161. The van der Waals surface area contributed by atoms with Crippen LogP contribution in [0, 0.1) is 5.92 Å². The molecular weight excluding hydrogens is 332 g/mol. The van der Waals surface area contributed by atoms with Gasteiger partial charge < -0.3 is 13.9 Å². The number of hydrogen-bond acceptors (Lipinski definition) is 4. The van der Waals surface area contributed by atoms with E-state index < -0.39 is 14.4 Å². The summed E-state index contributed by atoms with van der Waals surface area (Å²) in [6.45, 7) is 11.9. The second-order valence-electron chi connectivity index (χ2n) is 8.75. The highest BCUT2D eigenvalue weighted by Crippen LogP contribution is 2.43. The summed E-state index contributed by atoms with van der Waals surface area (Å²) in [7, 11) is -1.88. The predicted octanol–water partition coefficient (Wildman–Crippen LogP) is 3.95. The van der Waals surface area contributed by atoms with Gasteiger partial charge in [0.15, 0.2) is 14.1 Å². The lowest BCUT2D eigenvalue weighted by Gasteiger charge is -2.39. The zero-order chi connectivity index (χ0) is 18.2. The van der Waals surface area contributed by atoms with Gasteiger partial charge in [-0.15, -0.1) is 0 Å². The molecule has 2 unspecified atom stereocenters. The maximum Gasteiger partial charge on any atom is 0.192 e. The number of ether oxygens (including phenoxy) is 2. The zero-order valence-corrected chi connectivity index (χ0v) is 17.0. The van der Waals surface area contributed by atoms with Crippen molar-refractivity contribution in [2.24, 2.45) is 5.92 Å². The van der Waals surface area contributed by atoms with Gasteiger partial charge in [0.25, 0.3) is 0 Å². The van der Waals surface area contributed by atoms with Crippen LogP contribution in [0.4, 0.5) is 0 Å². The van der Waals surface area contributed by atoms with Crippen molar-refractivity contribution in [2.45, 2.75) is 70.2 Å². The highest BCUT2D eigenvalue weighted by atomic mass is 28.4. The van der Waals surface area contributed by atoms with Crippen LogP contribution in [0.15, 0.2) is 30.3 Å². The quantitative estimate of drug-likeness (QED) is 0.719. The van der Waals surface area contributed by atoms with Crippen LogP contribution in [-0.4, -0.2) is 39.0 Å². The normalized spacial score (nSPS) is 29.4. The van der Waals surface area contributed by atoms with E-state index in [4.69, 9.17) is 13.9 Å². The lowest BCUT2D eigenvalue weighted by Crippen LogP contribution is -2.50. The second kappa shape index (κ2) is 6.95. The van der Waals surface area contributed by atoms with Crippen LogP contribution in [-0.2, 0) is 25.3 Å². The zero-order valence-electron chi connectivity index (χ0n) is 16.0. The first kappa shape index (κ1) is 18.8. The molecule has 0 N–H and O–H groups in total. The first-order valence-electron chi connectivity index (χ1n) is 9.18. The van der Waals surface area contributed by atoms with E-state index in [1.54, 1.807) is 0 Å². The van der Waals surface area contributed by atoms with E-state index >= 15 is 0 Å². The third-order valence-electron chi connectivity index (χ3n) is 5.75. The molecule has 2 aliphatic rings. The van der Waals surface area contributed by atoms with Crippen molar-refractivity contribution in [3.8, 4) is 0 Å². The van der Waals surface area contributed by atoms with Crippen molar-refractivity contribution in [1.82, 2.24) is 0 Å². The molecule has 1 saturated heterocycles. The molecule has 1 heterocycles. The minimum absolute atomic E-state index is 0.0323. The highest BCUT2D eigenvalue weighted by Gasteiger charge is 2.55. The van der Waals surface area contributed by atoms with E-state index in [1.807, 2.05) is 30.3 Å². The van der Waals surface area contributed by atoms with Gasteiger partial charge in [-0.05, 0) is 30.1 Å². The molecule has 0 bridgehead atoms. The Balaban J connectivity index is 1.64. The molecule has 25 heavy (non-hydrogen) atoms. The Kier molecular flexibility index (Phi) is 5.22. The smallest absolute Gasteiger partial charge is 0.192 e. The van der Waals surface area contributed by atoms with Gasteiger partial charge in [0.05, 0.1) is 19.3 Å². The molecule has 1 aliphatic carbocycles. The fourth-order valence-electron chi connectivity index (χ4n) is 2.89. The van der Waals surface area contributed by atoms with Gasteiger partial charge in [0.1, 0.15) is 12.2 Å². The Morgan fingerprint density at radius 2 is 1.88 bits per heavy atom. The van der Waals surface area contributed by atoms with E-state index in [9.17, 15) is 4.79 Å². The van der Waals surface area contributed by atoms with Crippen LogP contribution >= 0.6 is 0 Å². The van der Waals surface area contributed by atoms with Gasteiger partial charge in [-0.25, -0.2) is 0 Å². The summed E-state index contributed by atoms with van der Waals surface area (Å²) in [6.07, 6.45) is 0.0977. The number of carbonyl (C=O) groups excluding carboxylic acids is 1. The van der Waals surface area contributed by atoms with E-state index in [1.165, 1.54) is 0 Å². The first-order chi connectivity index (χ1) is 11.7. The molecule has 0 spiro atoms. The van der Waals surface area contributed by atoms with E-state index in [0.717, 1.165) is 12.0 Å². The van der Waals surface area contributed by atoms with Crippen molar-refractivity contribution in [2.75, 3.05) is 6.61 Å². The Morgan fingerprint density at radius 1 is 1.20 bits per heavy atom. The fourth-order valence-corrected chi connectivity index (χ4v) is 3.91. The highest BCUT2D eigenvalue weighted by molar-refractivity contribution is 6.74. The van der Waals surface area contributed by atoms with Crippen molar-refractivity contribution >= 4 is 14.1 Å². The number of carbonyl (C=O) groups is 1. The Hall–Kier alpha value is -1.01. The van der Waals surface area contributed by atoms with E-state index in [0.29, 0.717) is 13.2 Å². The summed E-state index contributed by atoms with van der Waals surface area (Å²) in [4.78, 5) is 12.7. The summed E-state index contributed by atoms with van der Waals surface area (Å²) < 4.78 is 18.4. The average Bonchev–Trinajstić information content (AvgIpc) is 3.32. The van der Waals surface area contributed by atoms with Gasteiger partial charge in [0, 0.05) is 5.92 Å². The summed E-state index contributed by atoms with van der Waals surface area (Å²) >= 11 is 0. The van der Waals surface area contributed by atoms with Crippen LogP contribution in [0.2, 0.25) is 18.1 Å². The molecule has 0 radical (unpaired) electrons. The largest absolute Gasteiger partial charge is 0.414 e. The molecular formula is C20H30O4Si. The molecule has 138 valence electrons. The van der Waals surface area contributed by atoms with E-state index in [-0.39, 0.29) is 28.9 Å². The molecule has 5 heteroatoms. The molecule has 4 nitrogen and oxygen atoms in total. The molecule has 2 fully saturated rings. The van der Waals surface area contributed by atoms with E-state index in [2.05, 4.69) is 33.9 Å². The Labute approximate surface area is 152 Å². The van der Waals surface area contributed by atoms with Gasteiger partial charge in [-0.2, -0.15) is 0 Å². The number of rotatable bonds is 6. The lowest BCUT2D eigenvalue weighted by atomic mass is 10.0. The summed E-state index contributed by atoms with van der Waals surface area (Å²) in [5.41, 5.74) is 1.07. The van der Waals surface area contributed by atoms with Crippen molar-refractivity contribution in [1.29, 1.82) is 0 Å². The van der Waals surface area contributed by atoms with Crippen LogP contribution < -0.4 is 0 Å². The fraction of sp³-hybridized carbons (Fsp3) is 0.650. The standard InChI is InChI=1S/C20H30O4Si/c1-20(2,3)25(4,5)23-13-17-19(18(21)15-11-16(15)24-17)22-12-14-9-7-6-8-10-14/h6-10,15-17,19H,11-13H2,1-5H3/t15-,16-,17?,19?/m0/s1. The summed E-state index contributed by atoms with van der Waals surface area (Å²) in [5, 5.41) is 0.133. The third kappa shape index (κ3) is 4.22. The summed E-state index contributed by atoms with van der Waals surface area (Å²) in [6, 6.07) is 9.95. The van der Waals surface area contributed by atoms with Gasteiger partial charge in [-0.1, -0.05) is 51.1 Å². The Bertz CT molecular complexity index is 608. The van der Waals surface area contributed by atoms with Gasteiger partial charge in [-0.3, -0.25) is 4.79 Å². The van der Waals surface area contributed by atoms with Crippen LogP contribution in [0.5, 0.6) is 0 Å². The molecule has 1 saturated carbocycles. The van der Waals surface area contributed by atoms with Crippen LogP contribution in [0.25, 0.3) is 0 Å². The van der Waals surface area contributed by atoms with Gasteiger partial charge >= 0.3 is 0 Å². The molecule has 1 aliphatic heterocycles. The molecule has 3 rings (SSSR count). The first-order valence-corrected chi connectivity index (χ1v) is 12.1. The SMILES string of the molecule is CC(C)(C)[Si](C)(C)OCC1O[C@H]2C[C@@H]2C(=O)C1OCc1ccccc1. The molecule has 1 aromatic carbocycles. The molecule has 0 aromatic heterocycles. The minimum Gasteiger partial charge on any atom is -0.414 e. The topological polar surface area (TPSA) is 44.8 Å². The van der Waals surface area contributed by atoms with Crippen LogP contribution in [0.3, 0.4) is 0 Å². The number of fused-ring (bicyclic) bond motifs is 1. The minimum atomic E-state index is -1.88. The predicted molar refractivity (Wildman–Crippen MR) is 99.9 cm³/mol. The van der Waals surface area contributed by atoms with Crippen molar-refractivity contribution in [3.05, 3.63) is 35.9 Å².